The number of rotatable bonds is 9. The van der Waals surface area contributed by atoms with Crippen LogP contribution in [0.3, 0.4) is 0 Å². The Balaban J connectivity index is 4.39. The maximum atomic E-state index is 12.0. The van der Waals surface area contributed by atoms with E-state index in [1.807, 2.05) is 20.8 Å². The van der Waals surface area contributed by atoms with Gasteiger partial charge in [0.2, 0.25) is 5.91 Å². The molecule has 0 radical (unpaired) electrons. The summed E-state index contributed by atoms with van der Waals surface area (Å²) in [5.41, 5.74) is -0.915. The lowest BCUT2D eigenvalue weighted by molar-refractivity contribution is -0.152. The fourth-order valence-corrected chi connectivity index (χ4v) is 2.17. The van der Waals surface area contributed by atoms with Gasteiger partial charge in [-0.25, -0.2) is 0 Å². The zero-order valence-corrected chi connectivity index (χ0v) is 13.0. The number of hydrogen-bond donors (Lipinski definition) is 2. The lowest BCUT2D eigenvalue weighted by Gasteiger charge is -2.26. The van der Waals surface area contributed by atoms with Crippen molar-refractivity contribution >= 4 is 11.9 Å². The van der Waals surface area contributed by atoms with E-state index in [1.54, 1.807) is 0 Å². The Hall–Kier alpha value is -1.06. The molecular weight excluding hydrogens is 242 g/mol. The molecule has 19 heavy (non-hydrogen) atoms. The zero-order chi connectivity index (χ0) is 15.1. The average molecular weight is 271 g/mol. The van der Waals surface area contributed by atoms with Gasteiger partial charge >= 0.3 is 5.97 Å². The maximum absolute atomic E-state index is 12.0. The van der Waals surface area contributed by atoms with Crippen LogP contribution in [0, 0.1) is 11.3 Å². The molecule has 4 heteroatoms. The average Bonchev–Trinajstić information content (AvgIpc) is 2.33. The van der Waals surface area contributed by atoms with Crippen LogP contribution in [-0.4, -0.2) is 23.0 Å². The van der Waals surface area contributed by atoms with Crippen LogP contribution in [0.15, 0.2) is 0 Å². The van der Waals surface area contributed by atoms with Crippen molar-refractivity contribution in [3.63, 3.8) is 0 Å². The van der Waals surface area contributed by atoms with Crippen LogP contribution >= 0.6 is 0 Å². The van der Waals surface area contributed by atoms with E-state index in [9.17, 15) is 14.7 Å². The Morgan fingerprint density at radius 2 is 1.63 bits per heavy atom. The van der Waals surface area contributed by atoms with Crippen LogP contribution in [0.4, 0.5) is 0 Å². The molecule has 0 spiro atoms. The third-order valence-electron chi connectivity index (χ3n) is 3.89. The second kappa shape index (κ2) is 8.18. The molecule has 0 aromatic heterocycles. The largest absolute Gasteiger partial charge is 0.481 e. The number of carbonyl (C=O) groups is 2. The first-order valence-corrected chi connectivity index (χ1v) is 7.30. The molecule has 0 aromatic rings. The second-order valence-corrected chi connectivity index (χ2v) is 5.91. The van der Waals surface area contributed by atoms with Gasteiger partial charge in [0.1, 0.15) is 0 Å². The van der Waals surface area contributed by atoms with Crippen molar-refractivity contribution in [3.8, 4) is 0 Å². The Labute approximate surface area is 117 Å². The molecule has 112 valence electrons. The SMILES string of the molecule is CCC(CC)(CC(=O)NC(C)CCC(C)C)C(=O)O. The van der Waals surface area contributed by atoms with Gasteiger partial charge in [0.15, 0.2) is 0 Å². The van der Waals surface area contributed by atoms with Crippen molar-refractivity contribution in [2.24, 2.45) is 11.3 Å². The third-order valence-corrected chi connectivity index (χ3v) is 3.89. The quantitative estimate of drug-likeness (QED) is 0.676. The van der Waals surface area contributed by atoms with Gasteiger partial charge in [-0.15, -0.1) is 0 Å². The van der Waals surface area contributed by atoms with Gasteiger partial charge in [-0.3, -0.25) is 9.59 Å². The molecule has 4 nitrogen and oxygen atoms in total. The number of carboxylic acids is 1. The highest BCUT2D eigenvalue weighted by Gasteiger charge is 2.37. The minimum absolute atomic E-state index is 0.0708. The summed E-state index contributed by atoms with van der Waals surface area (Å²) in [6, 6.07) is 0.107. The molecule has 0 heterocycles. The molecule has 0 aliphatic rings. The fraction of sp³-hybridized carbons (Fsp3) is 0.867. The normalized spacial score (nSPS) is 13.4. The van der Waals surface area contributed by atoms with Gasteiger partial charge < -0.3 is 10.4 Å². The van der Waals surface area contributed by atoms with Crippen LogP contribution in [0.1, 0.15) is 66.7 Å². The van der Waals surface area contributed by atoms with E-state index in [4.69, 9.17) is 0 Å². The van der Waals surface area contributed by atoms with E-state index in [-0.39, 0.29) is 18.4 Å². The molecule has 0 rings (SSSR count). The summed E-state index contributed by atoms with van der Waals surface area (Å²) < 4.78 is 0. The van der Waals surface area contributed by atoms with Crippen molar-refractivity contribution in [1.82, 2.24) is 5.32 Å². The molecule has 0 saturated heterocycles. The van der Waals surface area contributed by atoms with Crippen molar-refractivity contribution in [3.05, 3.63) is 0 Å². The van der Waals surface area contributed by atoms with E-state index in [2.05, 4.69) is 19.2 Å². The number of carbonyl (C=O) groups excluding carboxylic acids is 1. The van der Waals surface area contributed by atoms with E-state index in [0.29, 0.717) is 18.8 Å². The first-order valence-electron chi connectivity index (χ1n) is 7.30. The summed E-state index contributed by atoms with van der Waals surface area (Å²) in [5, 5.41) is 12.2. The van der Waals surface area contributed by atoms with Crippen LogP contribution in [-0.2, 0) is 9.59 Å². The van der Waals surface area contributed by atoms with E-state index >= 15 is 0 Å². The number of nitrogens with one attached hydrogen (secondary N) is 1. The molecule has 1 atom stereocenters. The fourth-order valence-electron chi connectivity index (χ4n) is 2.17. The number of aliphatic carboxylic acids is 1. The van der Waals surface area contributed by atoms with Crippen molar-refractivity contribution in [2.45, 2.75) is 72.8 Å². The molecule has 0 aliphatic heterocycles. The predicted molar refractivity (Wildman–Crippen MR) is 76.9 cm³/mol. The standard InChI is InChI=1S/C15H29NO3/c1-6-15(7-2,14(18)19)10-13(17)16-12(5)9-8-11(3)4/h11-12H,6-10H2,1-5H3,(H,16,17)(H,18,19). The molecule has 0 fully saturated rings. The monoisotopic (exact) mass is 271 g/mol. The van der Waals surface area contributed by atoms with Gasteiger partial charge in [-0.1, -0.05) is 27.7 Å². The predicted octanol–water partition coefficient (Wildman–Crippen LogP) is 3.21. The number of hydrogen-bond acceptors (Lipinski definition) is 2. The van der Waals surface area contributed by atoms with E-state index in [1.165, 1.54) is 0 Å². The third kappa shape index (κ3) is 6.08. The highest BCUT2D eigenvalue weighted by molar-refractivity contribution is 5.85. The summed E-state index contributed by atoms with van der Waals surface area (Å²) >= 11 is 0. The second-order valence-electron chi connectivity index (χ2n) is 5.91. The molecule has 2 N–H and O–H groups in total. The Kier molecular flexibility index (Phi) is 7.72. The highest BCUT2D eigenvalue weighted by Crippen LogP contribution is 2.30. The Morgan fingerprint density at radius 3 is 2.00 bits per heavy atom. The summed E-state index contributed by atoms with van der Waals surface area (Å²) in [4.78, 5) is 23.3. The van der Waals surface area contributed by atoms with Crippen molar-refractivity contribution in [1.29, 1.82) is 0 Å². The van der Waals surface area contributed by atoms with Gasteiger partial charge in [0, 0.05) is 12.5 Å². The number of amides is 1. The van der Waals surface area contributed by atoms with Crippen molar-refractivity contribution in [2.75, 3.05) is 0 Å². The Bertz CT molecular complexity index is 296. The molecule has 0 aliphatic carbocycles. The van der Waals surface area contributed by atoms with Crippen LogP contribution in [0.5, 0.6) is 0 Å². The summed E-state index contributed by atoms with van der Waals surface area (Å²) in [5.74, 6) is -0.409. The van der Waals surface area contributed by atoms with Gasteiger partial charge in [0.05, 0.1) is 5.41 Å². The molecular formula is C15H29NO3. The summed E-state index contributed by atoms with van der Waals surface area (Å²) in [7, 11) is 0. The minimum atomic E-state index is -0.915. The van der Waals surface area contributed by atoms with E-state index in [0.717, 1.165) is 12.8 Å². The first-order chi connectivity index (χ1) is 8.77. The molecule has 1 unspecified atom stereocenters. The minimum Gasteiger partial charge on any atom is -0.481 e. The summed E-state index contributed by atoms with van der Waals surface area (Å²) in [6.07, 6.45) is 3.02. The molecule has 0 bridgehead atoms. The van der Waals surface area contributed by atoms with Gasteiger partial charge in [-0.2, -0.15) is 0 Å². The van der Waals surface area contributed by atoms with Crippen molar-refractivity contribution < 1.29 is 14.7 Å². The first kappa shape index (κ1) is 17.9. The Morgan fingerprint density at radius 1 is 1.11 bits per heavy atom. The van der Waals surface area contributed by atoms with Crippen LogP contribution in [0.2, 0.25) is 0 Å². The lowest BCUT2D eigenvalue weighted by atomic mass is 9.79. The molecule has 1 amide bonds. The van der Waals surface area contributed by atoms with Crippen LogP contribution in [0.25, 0.3) is 0 Å². The summed E-state index contributed by atoms with van der Waals surface area (Å²) in [6.45, 7) is 9.93. The molecule has 0 aromatic carbocycles. The van der Waals surface area contributed by atoms with E-state index < -0.39 is 11.4 Å². The smallest absolute Gasteiger partial charge is 0.310 e. The van der Waals surface area contributed by atoms with Crippen LogP contribution < -0.4 is 5.32 Å². The number of carboxylic acid groups (broad SMARTS) is 1. The molecule has 0 saturated carbocycles. The van der Waals surface area contributed by atoms with Gasteiger partial charge in [0.25, 0.3) is 0 Å². The van der Waals surface area contributed by atoms with Gasteiger partial charge in [-0.05, 0) is 38.5 Å². The topological polar surface area (TPSA) is 66.4 Å². The lowest BCUT2D eigenvalue weighted by Crippen LogP contribution is -2.40. The highest BCUT2D eigenvalue weighted by atomic mass is 16.4. The maximum Gasteiger partial charge on any atom is 0.310 e. The zero-order valence-electron chi connectivity index (χ0n) is 13.0.